The van der Waals surface area contributed by atoms with Crippen molar-refractivity contribution in [2.45, 2.75) is 4.90 Å². The van der Waals surface area contributed by atoms with E-state index in [0.29, 0.717) is 37.0 Å². The van der Waals surface area contributed by atoms with Crippen molar-refractivity contribution in [3.63, 3.8) is 0 Å². The average Bonchev–Trinajstić information content (AvgIpc) is 3.06. The maximum absolute atomic E-state index is 12.3. The Kier molecular flexibility index (Phi) is 5.44. The maximum Gasteiger partial charge on any atom is 0.280 e. The van der Waals surface area contributed by atoms with Gasteiger partial charge in [0.15, 0.2) is 0 Å². The van der Waals surface area contributed by atoms with Crippen molar-refractivity contribution in [2.75, 3.05) is 37.7 Å². The van der Waals surface area contributed by atoms with Gasteiger partial charge in [-0.25, -0.2) is 4.63 Å². The lowest BCUT2D eigenvalue weighted by atomic mass is 10.2. The molecule has 1 aliphatic rings. The number of nitrogens with zero attached hydrogens (tertiary/aromatic N) is 4. The molecule has 0 spiro atoms. The number of rotatable bonds is 4. The van der Waals surface area contributed by atoms with E-state index >= 15 is 0 Å². The van der Waals surface area contributed by atoms with Crippen molar-refractivity contribution >= 4 is 41.0 Å². The second-order valence-electron chi connectivity index (χ2n) is 5.41. The fraction of sp³-hybridized carbons (Fsp3) is 0.333. The molecule has 2 aromatic rings. The lowest BCUT2D eigenvalue weighted by Crippen LogP contribution is -2.51. The van der Waals surface area contributed by atoms with Crippen LogP contribution in [0.1, 0.15) is 10.5 Å². The Labute approximate surface area is 153 Å². The highest BCUT2D eigenvalue weighted by molar-refractivity contribution is 8.00. The quantitative estimate of drug-likeness (QED) is 0.797. The molecule has 132 valence electrons. The summed E-state index contributed by atoms with van der Waals surface area (Å²) in [6.45, 7) is 1.78. The van der Waals surface area contributed by atoms with Crippen molar-refractivity contribution in [2.24, 2.45) is 0 Å². The third-order valence-corrected chi connectivity index (χ3v) is 5.06. The number of nitrogens with two attached hydrogens (primary N) is 1. The summed E-state index contributed by atoms with van der Waals surface area (Å²) < 4.78 is 4.45. The lowest BCUT2D eigenvalue weighted by molar-refractivity contribution is -0.129. The number of anilines is 1. The lowest BCUT2D eigenvalue weighted by Gasteiger charge is -2.34. The van der Waals surface area contributed by atoms with E-state index < -0.39 is 0 Å². The predicted molar refractivity (Wildman–Crippen MR) is 93.4 cm³/mol. The third kappa shape index (κ3) is 4.23. The van der Waals surface area contributed by atoms with E-state index in [1.165, 1.54) is 11.8 Å². The summed E-state index contributed by atoms with van der Waals surface area (Å²) >= 11 is 7.30. The van der Waals surface area contributed by atoms with Gasteiger partial charge in [-0.15, -0.1) is 11.8 Å². The van der Waals surface area contributed by atoms with E-state index in [0.717, 1.165) is 4.90 Å². The molecular formula is C15H16ClN5O3S. The third-order valence-electron chi connectivity index (χ3n) is 3.81. The first kappa shape index (κ1) is 17.6. The average molecular weight is 382 g/mol. The summed E-state index contributed by atoms with van der Waals surface area (Å²) in [4.78, 5) is 28.9. The normalized spacial score (nSPS) is 14.6. The molecule has 1 aliphatic heterocycles. The van der Waals surface area contributed by atoms with Gasteiger partial charge in [-0.2, -0.15) is 0 Å². The Morgan fingerprint density at radius 3 is 2.36 bits per heavy atom. The second kappa shape index (κ2) is 7.75. The molecule has 1 fully saturated rings. The first-order chi connectivity index (χ1) is 12.0. The molecule has 8 nitrogen and oxygen atoms in total. The Morgan fingerprint density at radius 2 is 1.76 bits per heavy atom. The van der Waals surface area contributed by atoms with Crippen molar-refractivity contribution < 1.29 is 14.2 Å². The van der Waals surface area contributed by atoms with Crippen LogP contribution in [0.5, 0.6) is 0 Å². The summed E-state index contributed by atoms with van der Waals surface area (Å²) in [5, 5.41) is 7.59. The zero-order chi connectivity index (χ0) is 17.8. The Bertz CT molecular complexity index is 759. The molecule has 0 radical (unpaired) electrons. The van der Waals surface area contributed by atoms with Crippen LogP contribution in [0.15, 0.2) is 33.8 Å². The molecule has 0 unspecified atom stereocenters. The van der Waals surface area contributed by atoms with Crippen molar-refractivity contribution in [3.8, 4) is 0 Å². The van der Waals surface area contributed by atoms with Crippen LogP contribution in [0.3, 0.4) is 0 Å². The molecule has 0 bridgehead atoms. The SMILES string of the molecule is Nc1nonc1C(=O)N1CCN(C(=O)CSc2ccc(Cl)cc2)CC1. The van der Waals surface area contributed by atoms with Crippen LogP contribution < -0.4 is 5.73 Å². The number of halogens is 1. The van der Waals surface area contributed by atoms with E-state index in [1.807, 2.05) is 12.1 Å². The largest absolute Gasteiger partial charge is 0.379 e. The summed E-state index contributed by atoms with van der Waals surface area (Å²) in [6, 6.07) is 7.35. The number of nitrogen functional groups attached to an aromatic ring is 1. The number of benzene rings is 1. The van der Waals surface area contributed by atoms with Crippen LogP contribution in [-0.4, -0.2) is 63.9 Å². The van der Waals surface area contributed by atoms with Crippen molar-refractivity contribution in [1.82, 2.24) is 20.1 Å². The predicted octanol–water partition coefficient (Wildman–Crippen LogP) is 1.38. The van der Waals surface area contributed by atoms with Gasteiger partial charge in [0.1, 0.15) is 0 Å². The summed E-state index contributed by atoms with van der Waals surface area (Å²) in [6.07, 6.45) is 0. The molecule has 0 saturated carbocycles. The number of thioether (sulfide) groups is 1. The summed E-state index contributed by atoms with van der Waals surface area (Å²) in [5.74, 6) is 0.0225. The number of aromatic nitrogens is 2. The van der Waals surface area contributed by atoms with E-state index in [1.54, 1.807) is 21.9 Å². The van der Waals surface area contributed by atoms with Crippen molar-refractivity contribution in [3.05, 3.63) is 35.0 Å². The van der Waals surface area contributed by atoms with Gasteiger partial charge in [-0.3, -0.25) is 9.59 Å². The van der Waals surface area contributed by atoms with Crippen molar-refractivity contribution in [1.29, 1.82) is 0 Å². The topological polar surface area (TPSA) is 106 Å². The van der Waals surface area contributed by atoms with Crippen LogP contribution in [0.2, 0.25) is 5.02 Å². The van der Waals surface area contributed by atoms with Crippen LogP contribution >= 0.6 is 23.4 Å². The van der Waals surface area contributed by atoms with E-state index in [4.69, 9.17) is 17.3 Å². The molecule has 1 saturated heterocycles. The number of carbonyl (C=O) groups is 2. The molecule has 3 rings (SSSR count). The second-order valence-corrected chi connectivity index (χ2v) is 6.90. The zero-order valence-electron chi connectivity index (χ0n) is 13.2. The first-order valence-electron chi connectivity index (χ1n) is 7.58. The molecular weight excluding hydrogens is 366 g/mol. The fourth-order valence-corrected chi connectivity index (χ4v) is 3.35. The number of piperazine rings is 1. The fourth-order valence-electron chi connectivity index (χ4n) is 2.42. The molecule has 0 aliphatic carbocycles. The van der Waals surface area contributed by atoms with E-state index in [2.05, 4.69) is 14.9 Å². The molecule has 10 heteroatoms. The monoisotopic (exact) mass is 381 g/mol. The number of carbonyl (C=O) groups excluding carboxylic acids is 2. The molecule has 1 aromatic carbocycles. The smallest absolute Gasteiger partial charge is 0.280 e. The van der Waals surface area contributed by atoms with Crippen LogP contribution in [-0.2, 0) is 4.79 Å². The van der Waals surface area contributed by atoms with E-state index in [-0.39, 0.29) is 23.3 Å². The zero-order valence-corrected chi connectivity index (χ0v) is 14.8. The Balaban J connectivity index is 1.48. The highest BCUT2D eigenvalue weighted by atomic mass is 35.5. The molecule has 2 heterocycles. The minimum absolute atomic E-state index is 0.0121. The van der Waals surface area contributed by atoms with Crippen LogP contribution in [0.4, 0.5) is 5.82 Å². The van der Waals surface area contributed by atoms with Gasteiger partial charge < -0.3 is 15.5 Å². The minimum atomic E-state index is -0.332. The van der Waals surface area contributed by atoms with Crippen LogP contribution in [0, 0.1) is 0 Å². The maximum atomic E-state index is 12.3. The molecule has 25 heavy (non-hydrogen) atoms. The highest BCUT2D eigenvalue weighted by Crippen LogP contribution is 2.21. The number of hydrogen-bond acceptors (Lipinski definition) is 7. The standard InChI is InChI=1S/C15H16ClN5O3S/c16-10-1-3-11(4-2-10)25-9-12(22)20-5-7-21(8-6-20)15(23)13-14(17)19-24-18-13/h1-4H,5-9H2,(H2,17,19). The Hall–Kier alpha value is -2.26. The highest BCUT2D eigenvalue weighted by Gasteiger charge is 2.28. The van der Waals surface area contributed by atoms with Gasteiger partial charge in [-0.05, 0) is 34.6 Å². The van der Waals surface area contributed by atoms with Gasteiger partial charge in [-0.1, -0.05) is 11.6 Å². The van der Waals surface area contributed by atoms with E-state index in [9.17, 15) is 9.59 Å². The Morgan fingerprint density at radius 1 is 1.12 bits per heavy atom. The van der Waals surface area contributed by atoms with Gasteiger partial charge in [0.2, 0.25) is 17.4 Å². The number of hydrogen-bond donors (Lipinski definition) is 1. The molecule has 0 atom stereocenters. The van der Waals surface area contributed by atoms with Gasteiger partial charge in [0, 0.05) is 36.1 Å². The van der Waals surface area contributed by atoms with Gasteiger partial charge in [0.25, 0.3) is 5.91 Å². The molecule has 1 aromatic heterocycles. The van der Waals surface area contributed by atoms with Gasteiger partial charge in [0.05, 0.1) is 5.75 Å². The first-order valence-corrected chi connectivity index (χ1v) is 8.94. The summed E-state index contributed by atoms with van der Waals surface area (Å²) in [5.41, 5.74) is 5.55. The minimum Gasteiger partial charge on any atom is -0.379 e. The number of amides is 2. The molecule has 2 amide bonds. The summed E-state index contributed by atoms with van der Waals surface area (Å²) in [7, 11) is 0. The molecule has 2 N–H and O–H groups in total. The van der Waals surface area contributed by atoms with Gasteiger partial charge >= 0.3 is 0 Å². The van der Waals surface area contributed by atoms with Crippen LogP contribution in [0.25, 0.3) is 0 Å².